The van der Waals surface area contributed by atoms with E-state index >= 15 is 0 Å². The fraction of sp³-hybridized carbons (Fsp3) is 0.692. The Hall–Kier alpha value is -1.56. The monoisotopic (exact) mass is 272 g/mol. The third kappa shape index (κ3) is 10.1. The lowest BCUT2D eigenvalue weighted by atomic mass is 10.1. The van der Waals surface area contributed by atoms with Crippen molar-refractivity contribution in [2.45, 2.75) is 38.6 Å². The van der Waals surface area contributed by atoms with E-state index in [1.165, 1.54) is 0 Å². The predicted octanol–water partition coefficient (Wildman–Crippen LogP) is 1.52. The maximum absolute atomic E-state index is 11.5. The van der Waals surface area contributed by atoms with Crippen molar-refractivity contribution >= 4 is 12.0 Å². The third-order valence-electron chi connectivity index (χ3n) is 2.45. The van der Waals surface area contributed by atoms with E-state index in [1.54, 1.807) is 6.08 Å². The standard InChI is InChI=1S/C13H24N2O4/c1-3-5-7-11(12(16)17)15-13(18)14-8-10-19-9-6-4-2/h4,11H,2-3,5-10H2,1H3,(H,16,17)(H2,14,15,18). The molecule has 0 rings (SSSR count). The highest BCUT2D eigenvalue weighted by Gasteiger charge is 2.18. The number of hydrogen-bond donors (Lipinski definition) is 3. The van der Waals surface area contributed by atoms with Crippen molar-refractivity contribution in [1.29, 1.82) is 0 Å². The van der Waals surface area contributed by atoms with Gasteiger partial charge >= 0.3 is 12.0 Å². The van der Waals surface area contributed by atoms with Crippen LogP contribution in [0.15, 0.2) is 12.7 Å². The Balaban J connectivity index is 3.74. The molecule has 0 aromatic rings. The van der Waals surface area contributed by atoms with E-state index < -0.39 is 18.0 Å². The minimum absolute atomic E-state index is 0.350. The second-order valence-corrected chi connectivity index (χ2v) is 4.12. The molecule has 1 unspecified atom stereocenters. The van der Waals surface area contributed by atoms with E-state index in [0.29, 0.717) is 26.2 Å². The summed E-state index contributed by atoms with van der Waals surface area (Å²) in [6.07, 6.45) is 4.62. The van der Waals surface area contributed by atoms with Crippen molar-refractivity contribution in [3.63, 3.8) is 0 Å². The molecule has 0 fully saturated rings. The zero-order chi connectivity index (χ0) is 14.5. The van der Waals surface area contributed by atoms with Crippen molar-refractivity contribution in [2.75, 3.05) is 19.8 Å². The highest BCUT2D eigenvalue weighted by molar-refractivity contribution is 5.82. The van der Waals surface area contributed by atoms with Gasteiger partial charge in [-0.05, 0) is 12.8 Å². The SMILES string of the molecule is C=CCCOCCNC(=O)NC(CCCC)C(=O)O. The summed E-state index contributed by atoms with van der Waals surface area (Å²) in [6.45, 7) is 6.85. The molecule has 19 heavy (non-hydrogen) atoms. The van der Waals surface area contributed by atoms with Crippen LogP contribution in [0.5, 0.6) is 0 Å². The summed E-state index contributed by atoms with van der Waals surface area (Å²) in [6, 6.07) is -1.31. The van der Waals surface area contributed by atoms with E-state index in [4.69, 9.17) is 9.84 Å². The number of ether oxygens (including phenoxy) is 1. The topological polar surface area (TPSA) is 87.7 Å². The molecule has 6 heteroatoms. The molecule has 6 nitrogen and oxygen atoms in total. The summed E-state index contributed by atoms with van der Waals surface area (Å²) in [5, 5.41) is 13.9. The molecule has 0 aliphatic carbocycles. The highest BCUT2D eigenvalue weighted by atomic mass is 16.5. The Labute approximate surface area is 114 Å². The molecule has 2 amide bonds. The molecular weight excluding hydrogens is 248 g/mol. The zero-order valence-electron chi connectivity index (χ0n) is 11.5. The van der Waals surface area contributed by atoms with Crippen LogP contribution in [-0.2, 0) is 9.53 Å². The zero-order valence-corrected chi connectivity index (χ0v) is 11.5. The lowest BCUT2D eigenvalue weighted by Crippen LogP contribution is -2.46. The van der Waals surface area contributed by atoms with Gasteiger partial charge in [0.25, 0.3) is 0 Å². The van der Waals surface area contributed by atoms with Crippen molar-refractivity contribution in [3.05, 3.63) is 12.7 Å². The first kappa shape index (κ1) is 17.4. The molecule has 0 heterocycles. The Morgan fingerprint density at radius 3 is 2.74 bits per heavy atom. The number of amides is 2. The van der Waals surface area contributed by atoms with Crippen LogP contribution in [-0.4, -0.2) is 42.9 Å². The second-order valence-electron chi connectivity index (χ2n) is 4.12. The fourth-order valence-electron chi connectivity index (χ4n) is 1.38. The number of carboxylic acid groups (broad SMARTS) is 1. The van der Waals surface area contributed by atoms with Gasteiger partial charge in [-0.25, -0.2) is 9.59 Å². The van der Waals surface area contributed by atoms with E-state index in [9.17, 15) is 9.59 Å². The number of carboxylic acids is 1. The molecule has 0 spiro atoms. The largest absolute Gasteiger partial charge is 0.480 e. The minimum atomic E-state index is -1.01. The number of carbonyl (C=O) groups excluding carboxylic acids is 1. The van der Waals surface area contributed by atoms with Crippen LogP contribution in [0.3, 0.4) is 0 Å². The number of urea groups is 1. The first-order valence-corrected chi connectivity index (χ1v) is 6.57. The van der Waals surface area contributed by atoms with Gasteiger partial charge in [-0.2, -0.15) is 0 Å². The van der Waals surface area contributed by atoms with E-state index in [2.05, 4.69) is 17.2 Å². The minimum Gasteiger partial charge on any atom is -0.480 e. The molecule has 0 bridgehead atoms. The van der Waals surface area contributed by atoms with Gasteiger partial charge < -0.3 is 20.5 Å². The van der Waals surface area contributed by atoms with Gasteiger partial charge in [0.1, 0.15) is 6.04 Å². The van der Waals surface area contributed by atoms with Crippen LogP contribution >= 0.6 is 0 Å². The molecule has 3 N–H and O–H groups in total. The van der Waals surface area contributed by atoms with Crippen LogP contribution in [0, 0.1) is 0 Å². The van der Waals surface area contributed by atoms with Crippen LogP contribution in [0.1, 0.15) is 32.6 Å². The summed E-state index contributed by atoms with van der Waals surface area (Å²) in [4.78, 5) is 22.4. The molecule has 1 atom stereocenters. The highest BCUT2D eigenvalue weighted by Crippen LogP contribution is 2.00. The maximum Gasteiger partial charge on any atom is 0.326 e. The summed E-state index contributed by atoms with van der Waals surface area (Å²) in [7, 11) is 0. The van der Waals surface area contributed by atoms with E-state index in [1.807, 2.05) is 6.92 Å². The Kier molecular flexibility index (Phi) is 10.6. The summed E-state index contributed by atoms with van der Waals surface area (Å²) < 4.78 is 5.21. The number of hydrogen-bond acceptors (Lipinski definition) is 3. The van der Waals surface area contributed by atoms with Crippen LogP contribution in [0.2, 0.25) is 0 Å². The number of rotatable bonds is 11. The van der Waals surface area contributed by atoms with Gasteiger partial charge in [0.05, 0.1) is 13.2 Å². The number of aliphatic carboxylic acids is 1. The van der Waals surface area contributed by atoms with Crippen molar-refractivity contribution < 1.29 is 19.4 Å². The average molecular weight is 272 g/mol. The smallest absolute Gasteiger partial charge is 0.326 e. The molecule has 0 saturated carbocycles. The molecule has 0 aromatic heterocycles. The molecule has 0 aliphatic heterocycles. The molecule has 0 radical (unpaired) electrons. The number of unbranched alkanes of at least 4 members (excludes halogenated alkanes) is 1. The van der Waals surface area contributed by atoms with Crippen molar-refractivity contribution in [3.8, 4) is 0 Å². The Morgan fingerprint density at radius 2 is 2.16 bits per heavy atom. The van der Waals surface area contributed by atoms with Crippen LogP contribution in [0.25, 0.3) is 0 Å². The van der Waals surface area contributed by atoms with E-state index in [-0.39, 0.29) is 0 Å². The molecular formula is C13H24N2O4. The van der Waals surface area contributed by atoms with Crippen molar-refractivity contribution in [1.82, 2.24) is 10.6 Å². The lowest BCUT2D eigenvalue weighted by molar-refractivity contribution is -0.139. The van der Waals surface area contributed by atoms with Crippen LogP contribution < -0.4 is 10.6 Å². The first-order valence-electron chi connectivity index (χ1n) is 6.57. The summed E-state index contributed by atoms with van der Waals surface area (Å²) in [5.41, 5.74) is 0. The summed E-state index contributed by atoms with van der Waals surface area (Å²) in [5.74, 6) is -1.01. The lowest BCUT2D eigenvalue weighted by Gasteiger charge is -2.14. The molecule has 110 valence electrons. The van der Waals surface area contributed by atoms with Gasteiger partial charge in [-0.15, -0.1) is 6.58 Å². The Bertz CT molecular complexity index is 282. The van der Waals surface area contributed by atoms with Crippen LogP contribution in [0.4, 0.5) is 4.79 Å². The maximum atomic E-state index is 11.5. The Morgan fingerprint density at radius 1 is 1.42 bits per heavy atom. The molecule has 0 saturated heterocycles. The van der Waals surface area contributed by atoms with Crippen molar-refractivity contribution in [2.24, 2.45) is 0 Å². The number of carbonyl (C=O) groups is 2. The van der Waals surface area contributed by atoms with Gasteiger partial charge in [-0.3, -0.25) is 0 Å². The van der Waals surface area contributed by atoms with Gasteiger partial charge in [0.15, 0.2) is 0 Å². The van der Waals surface area contributed by atoms with Gasteiger partial charge in [0.2, 0.25) is 0 Å². The fourth-order valence-corrected chi connectivity index (χ4v) is 1.38. The molecule has 0 aliphatic rings. The second kappa shape index (κ2) is 11.5. The van der Waals surface area contributed by atoms with Gasteiger partial charge in [0, 0.05) is 6.54 Å². The first-order chi connectivity index (χ1) is 9.11. The van der Waals surface area contributed by atoms with E-state index in [0.717, 1.165) is 19.3 Å². The molecule has 0 aromatic carbocycles. The number of nitrogens with one attached hydrogen (secondary N) is 2. The predicted molar refractivity (Wildman–Crippen MR) is 73.1 cm³/mol. The van der Waals surface area contributed by atoms with Gasteiger partial charge in [-0.1, -0.05) is 25.8 Å². The third-order valence-corrected chi connectivity index (χ3v) is 2.45. The summed E-state index contributed by atoms with van der Waals surface area (Å²) >= 11 is 0. The quantitative estimate of drug-likeness (QED) is 0.393. The normalized spacial score (nSPS) is 11.6. The average Bonchev–Trinajstić information content (AvgIpc) is 2.38.